The van der Waals surface area contributed by atoms with Gasteiger partial charge in [-0.15, -0.1) is 0 Å². The maximum absolute atomic E-state index is 5.81. The molecule has 0 radical (unpaired) electrons. The Kier molecular flexibility index (Phi) is 5.83. The van der Waals surface area contributed by atoms with Crippen LogP contribution in [0.25, 0.3) is 0 Å². The third-order valence-electron chi connectivity index (χ3n) is 4.63. The second-order valence-electron chi connectivity index (χ2n) is 5.49. The van der Waals surface area contributed by atoms with E-state index >= 15 is 0 Å². The lowest BCUT2D eigenvalue weighted by Crippen LogP contribution is -2.31. The van der Waals surface area contributed by atoms with E-state index < -0.39 is 0 Å². The van der Waals surface area contributed by atoms with Crippen LogP contribution in [-0.2, 0) is 0 Å². The van der Waals surface area contributed by atoms with E-state index in [2.05, 4.69) is 39.8 Å². The fraction of sp³-hybridized carbons (Fsp3) is 0.625. The van der Waals surface area contributed by atoms with Crippen molar-refractivity contribution in [2.45, 2.75) is 33.6 Å². The third-order valence-corrected chi connectivity index (χ3v) is 4.63. The minimum atomic E-state index is 0.372. The molecule has 0 amide bonds. The number of nitrogens with two attached hydrogens (primary N) is 2. The zero-order valence-corrected chi connectivity index (χ0v) is 12.9. The van der Waals surface area contributed by atoms with E-state index in [1.165, 1.54) is 16.7 Å². The van der Waals surface area contributed by atoms with Gasteiger partial charge in [-0.3, -0.25) is 0 Å². The molecule has 1 aromatic rings. The van der Waals surface area contributed by atoms with Crippen molar-refractivity contribution in [2.24, 2.45) is 23.3 Å². The summed E-state index contributed by atoms with van der Waals surface area (Å²) < 4.78 is 5.37. The van der Waals surface area contributed by atoms with Crippen molar-refractivity contribution in [2.75, 3.05) is 20.2 Å². The first-order valence-electron chi connectivity index (χ1n) is 7.02. The van der Waals surface area contributed by atoms with Crippen LogP contribution in [0.5, 0.6) is 5.75 Å². The minimum absolute atomic E-state index is 0.372. The number of hydrogen-bond donors (Lipinski definition) is 2. The summed E-state index contributed by atoms with van der Waals surface area (Å²) >= 11 is 0. The molecule has 0 saturated carbocycles. The van der Waals surface area contributed by atoms with E-state index in [1.807, 2.05) is 0 Å². The van der Waals surface area contributed by atoms with Crippen molar-refractivity contribution in [1.29, 1.82) is 0 Å². The van der Waals surface area contributed by atoms with Gasteiger partial charge in [0.1, 0.15) is 5.75 Å². The number of methoxy groups -OCH3 is 1. The molecule has 108 valence electrons. The van der Waals surface area contributed by atoms with Crippen LogP contribution in [0.3, 0.4) is 0 Å². The predicted octanol–water partition coefficient (Wildman–Crippen LogP) is 2.59. The number of hydrogen-bond acceptors (Lipinski definition) is 3. The van der Waals surface area contributed by atoms with Crippen LogP contribution in [0.15, 0.2) is 12.1 Å². The van der Waals surface area contributed by atoms with Gasteiger partial charge in [-0.25, -0.2) is 0 Å². The summed E-state index contributed by atoms with van der Waals surface area (Å²) in [7, 11) is 1.71. The van der Waals surface area contributed by atoms with E-state index in [0.717, 1.165) is 5.75 Å². The molecular formula is C16H28N2O. The largest absolute Gasteiger partial charge is 0.496 e. The number of rotatable bonds is 6. The highest BCUT2D eigenvalue weighted by Crippen LogP contribution is 2.34. The minimum Gasteiger partial charge on any atom is -0.496 e. The Hall–Kier alpha value is -1.06. The van der Waals surface area contributed by atoms with Gasteiger partial charge in [0.2, 0.25) is 0 Å². The average Bonchev–Trinajstić information content (AvgIpc) is 2.42. The Labute approximate surface area is 117 Å². The zero-order valence-electron chi connectivity index (χ0n) is 12.9. The second kappa shape index (κ2) is 6.92. The molecule has 2 unspecified atom stereocenters. The molecule has 0 fully saturated rings. The molecule has 0 aliphatic rings. The maximum atomic E-state index is 5.81. The lowest BCUT2D eigenvalue weighted by molar-refractivity contribution is 0.327. The van der Waals surface area contributed by atoms with Crippen LogP contribution in [0.4, 0.5) is 0 Å². The maximum Gasteiger partial charge on any atom is 0.122 e. The molecule has 1 rings (SSSR count). The quantitative estimate of drug-likeness (QED) is 0.830. The highest BCUT2D eigenvalue weighted by atomic mass is 16.5. The Morgan fingerprint density at radius 1 is 1.05 bits per heavy atom. The summed E-state index contributed by atoms with van der Waals surface area (Å²) in [6.07, 6.45) is 0. The van der Waals surface area contributed by atoms with Gasteiger partial charge in [-0.05, 0) is 67.4 Å². The highest BCUT2D eigenvalue weighted by molar-refractivity contribution is 5.45. The third kappa shape index (κ3) is 3.28. The summed E-state index contributed by atoms with van der Waals surface area (Å²) in [6, 6.07) is 4.23. The van der Waals surface area contributed by atoms with Gasteiger partial charge >= 0.3 is 0 Å². The molecule has 4 N–H and O–H groups in total. The molecule has 3 nitrogen and oxygen atoms in total. The lowest BCUT2D eigenvalue weighted by atomic mass is 9.78. The Bertz CT molecular complexity index is 413. The van der Waals surface area contributed by atoms with Crippen LogP contribution in [-0.4, -0.2) is 20.2 Å². The summed E-state index contributed by atoms with van der Waals surface area (Å²) in [5.74, 6) is 2.25. The van der Waals surface area contributed by atoms with Crippen LogP contribution >= 0.6 is 0 Å². The van der Waals surface area contributed by atoms with Crippen molar-refractivity contribution in [1.82, 2.24) is 0 Å². The zero-order chi connectivity index (χ0) is 14.6. The first-order chi connectivity index (χ1) is 8.97. The van der Waals surface area contributed by atoms with Crippen LogP contribution in [0.1, 0.15) is 36.5 Å². The molecule has 0 spiro atoms. The van der Waals surface area contributed by atoms with Crippen molar-refractivity contribution < 1.29 is 4.74 Å². The van der Waals surface area contributed by atoms with Gasteiger partial charge in [0.15, 0.2) is 0 Å². The molecule has 19 heavy (non-hydrogen) atoms. The van der Waals surface area contributed by atoms with Crippen molar-refractivity contribution in [3.8, 4) is 5.75 Å². The average molecular weight is 264 g/mol. The molecule has 1 aromatic carbocycles. The van der Waals surface area contributed by atoms with Crippen LogP contribution in [0.2, 0.25) is 0 Å². The summed E-state index contributed by atoms with van der Waals surface area (Å²) in [5, 5.41) is 0. The first-order valence-corrected chi connectivity index (χ1v) is 7.02. The molecule has 0 saturated heterocycles. The fourth-order valence-electron chi connectivity index (χ4n) is 2.75. The summed E-state index contributed by atoms with van der Waals surface area (Å²) in [6.45, 7) is 10.1. The molecular weight excluding hydrogens is 236 g/mol. The molecule has 0 aliphatic carbocycles. The van der Waals surface area contributed by atoms with Crippen molar-refractivity contribution in [3.63, 3.8) is 0 Å². The van der Waals surface area contributed by atoms with E-state index in [1.54, 1.807) is 7.11 Å². The summed E-state index contributed by atoms with van der Waals surface area (Å²) in [4.78, 5) is 0. The Balaban J connectivity index is 3.06. The normalized spacial score (nSPS) is 14.5. The number of benzene rings is 1. The van der Waals surface area contributed by atoms with Gasteiger partial charge in [0, 0.05) is 0 Å². The van der Waals surface area contributed by atoms with E-state index in [0.29, 0.717) is 30.8 Å². The van der Waals surface area contributed by atoms with Crippen LogP contribution < -0.4 is 16.2 Å². The molecule has 0 bridgehead atoms. The number of ether oxygens (including phenoxy) is 1. The van der Waals surface area contributed by atoms with E-state index in [4.69, 9.17) is 16.2 Å². The predicted molar refractivity (Wildman–Crippen MR) is 81.6 cm³/mol. The fourth-order valence-corrected chi connectivity index (χ4v) is 2.75. The van der Waals surface area contributed by atoms with E-state index in [9.17, 15) is 0 Å². The molecule has 2 atom stereocenters. The topological polar surface area (TPSA) is 61.3 Å². The SMILES string of the molecule is COc1ccc(C(C)C(C)C(CN)CN)c(C)c1C. The van der Waals surface area contributed by atoms with Gasteiger partial charge in [-0.1, -0.05) is 19.9 Å². The standard InChI is InChI=1S/C16H28N2O/c1-10(14(8-17)9-18)11(2)15-6-7-16(19-5)13(4)12(15)3/h6-7,10-11,14H,8-9,17-18H2,1-5H3. The van der Waals surface area contributed by atoms with Gasteiger partial charge in [0.25, 0.3) is 0 Å². The Morgan fingerprint density at radius 2 is 1.63 bits per heavy atom. The van der Waals surface area contributed by atoms with Crippen molar-refractivity contribution in [3.05, 3.63) is 28.8 Å². The summed E-state index contributed by atoms with van der Waals surface area (Å²) in [5.41, 5.74) is 15.5. The van der Waals surface area contributed by atoms with E-state index in [-0.39, 0.29) is 0 Å². The molecule has 0 aromatic heterocycles. The monoisotopic (exact) mass is 264 g/mol. The van der Waals surface area contributed by atoms with Gasteiger partial charge in [-0.2, -0.15) is 0 Å². The van der Waals surface area contributed by atoms with Gasteiger partial charge < -0.3 is 16.2 Å². The highest BCUT2D eigenvalue weighted by Gasteiger charge is 2.23. The smallest absolute Gasteiger partial charge is 0.122 e. The lowest BCUT2D eigenvalue weighted by Gasteiger charge is -2.29. The van der Waals surface area contributed by atoms with Crippen LogP contribution in [0, 0.1) is 25.7 Å². The molecule has 3 heteroatoms. The second-order valence-corrected chi connectivity index (χ2v) is 5.49. The molecule has 0 heterocycles. The Morgan fingerprint density at radius 3 is 2.11 bits per heavy atom. The molecule has 0 aliphatic heterocycles. The van der Waals surface area contributed by atoms with Crippen molar-refractivity contribution >= 4 is 0 Å². The van der Waals surface area contributed by atoms with Gasteiger partial charge in [0.05, 0.1) is 7.11 Å². The first kappa shape index (κ1) is 16.0.